The van der Waals surface area contributed by atoms with Crippen LogP contribution < -0.4 is 15.0 Å². The van der Waals surface area contributed by atoms with E-state index in [1.54, 1.807) is 4.90 Å². The number of carbonyl (C=O) groups excluding carboxylic acids is 1. The van der Waals surface area contributed by atoms with Crippen LogP contribution in [0, 0.1) is 5.41 Å². The molecule has 5 nitrogen and oxygen atoms in total. The van der Waals surface area contributed by atoms with Crippen molar-refractivity contribution in [1.29, 1.82) is 5.41 Å². The molecule has 3 aromatic carbocycles. The molecule has 5 rings (SSSR count). The summed E-state index contributed by atoms with van der Waals surface area (Å²) in [4.78, 5) is 14.6. The average molecular weight is 381 g/mol. The molecule has 2 aliphatic rings. The van der Waals surface area contributed by atoms with Crippen molar-refractivity contribution < 1.29 is 9.53 Å². The number of ether oxygens (including phenoxy) is 1. The predicted octanol–water partition coefficient (Wildman–Crippen LogP) is 4.77. The summed E-state index contributed by atoms with van der Waals surface area (Å²) in [6.07, 6.45) is 0.635. The van der Waals surface area contributed by atoms with E-state index in [4.69, 9.17) is 10.1 Å². The number of nitrogens with one attached hydrogen (secondary N) is 2. The van der Waals surface area contributed by atoms with Crippen molar-refractivity contribution in [2.24, 2.45) is 0 Å². The summed E-state index contributed by atoms with van der Waals surface area (Å²) in [5.74, 6) is 1.47. The fraction of sp³-hybridized carbons (Fsp3) is 0.0833. The van der Waals surface area contributed by atoms with Crippen LogP contribution in [0.15, 0.2) is 90.1 Å². The van der Waals surface area contributed by atoms with Gasteiger partial charge in [0.1, 0.15) is 11.6 Å². The van der Waals surface area contributed by atoms with Crippen LogP contribution in [0.2, 0.25) is 0 Å². The summed E-state index contributed by atoms with van der Waals surface area (Å²) in [5, 5.41) is 12.1. The standard InChI is InChI=1S/C24H19N3O2/c25-24-23(19-14-16-8-4-5-11-18(16)26-19)21(28)15-27(24)20-12-6-7-13-22(20)29-17-9-2-1-3-10-17/h1-13,25-26H,14-15H2. The minimum atomic E-state index is -0.0557. The lowest BCUT2D eigenvalue weighted by atomic mass is 10.1. The third-order valence-corrected chi connectivity index (χ3v) is 5.19. The molecule has 0 bridgehead atoms. The normalized spacial score (nSPS) is 18.0. The Morgan fingerprint density at radius 1 is 0.897 bits per heavy atom. The Labute approximate surface area is 168 Å². The van der Waals surface area contributed by atoms with E-state index in [0.29, 0.717) is 29.2 Å². The predicted molar refractivity (Wildman–Crippen MR) is 114 cm³/mol. The van der Waals surface area contributed by atoms with Gasteiger partial charge < -0.3 is 15.0 Å². The van der Waals surface area contributed by atoms with Crippen LogP contribution in [0.1, 0.15) is 5.56 Å². The number of ketones is 1. The Morgan fingerprint density at radius 2 is 1.62 bits per heavy atom. The Balaban J connectivity index is 1.48. The summed E-state index contributed by atoms with van der Waals surface area (Å²) < 4.78 is 6.04. The number of hydrogen-bond acceptors (Lipinski definition) is 4. The first-order valence-electron chi connectivity index (χ1n) is 9.50. The minimum absolute atomic E-state index is 0.0557. The first-order valence-corrected chi connectivity index (χ1v) is 9.50. The highest BCUT2D eigenvalue weighted by Gasteiger charge is 2.36. The lowest BCUT2D eigenvalue weighted by molar-refractivity contribution is -0.113. The Kier molecular flexibility index (Phi) is 4.13. The molecule has 1 saturated heterocycles. The van der Waals surface area contributed by atoms with E-state index in [1.165, 1.54) is 0 Å². The number of hydrogen-bond donors (Lipinski definition) is 2. The second kappa shape index (κ2) is 6.95. The third kappa shape index (κ3) is 3.06. The van der Waals surface area contributed by atoms with E-state index in [-0.39, 0.29) is 18.2 Å². The maximum atomic E-state index is 12.9. The number of amidine groups is 1. The first-order chi connectivity index (χ1) is 14.2. The number of nitrogens with zero attached hydrogens (tertiary/aromatic N) is 1. The SMILES string of the molecule is N=C1C(=C2Cc3ccccc3N2)C(=O)CN1c1ccccc1Oc1ccccc1. The number of carbonyl (C=O) groups is 1. The minimum Gasteiger partial charge on any atom is -0.455 e. The molecule has 2 aliphatic heterocycles. The van der Waals surface area contributed by atoms with Crippen LogP contribution in [-0.4, -0.2) is 18.2 Å². The maximum absolute atomic E-state index is 12.9. The molecule has 0 saturated carbocycles. The maximum Gasteiger partial charge on any atom is 0.188 e. The van der Waals surface area contributed by atoms with E-state index in [0.717, 1.165) is 16.9 Å². The third-order valence-electron chi connectivity index (χ3n) is 5.19. The second-order valence-electron chi connectivity index (χ2n) is 7.05. The van der Waals surface area contributed by atoms with Gasteiger partial charge in [-0.25, -0.2) is 0 Å². The van der Waals surface area contributed by atoms with Gasteiger partial charge in [-0.1, -0.05) is 48.5 Å². The summed E-state index contributed by atoms with van der Waals surface area (Å²) in [6, 6.07) is 25.0. The molecular weight excluding hydrogens is 362 g/mol. The van der Waals surface area contributed by atoms with Crippen molar-refractivity contribution in [3.05, 3.63) is 95.7 Å². The molecule has 5 heteroatoms. The Bertz CT molecular complexity index is 1120. The van der Waals surface area contributed by atoms with Gasteiger partial charge >= 0.3 is 0 Å². The molecule has 0 amide bonds. The van der Waals surface area contributed by atoms with Gasteiger partial charge in [-0.05, 0) is 35.9 Å². The van der Waals surface area contributed by atoms with Gasteiger partial charge in [0.05, 0.1) is 17.8 Å². The number of fused-ring (bicyclic) bond motifs is 1. The van der Waals surface area contributed by atoms with Gasteiger partial charge in [0.2, 0.25) is 0 Å². The Morgan fingerprint density at radius 3 is 2.45 bits per heavy atom. The molecule has 0 aromatic heterocycles. The van der Waals surface area contributed by atoms with Gasteiger partial charge in [-0.15, -0.1) is 0 Å². The molecule has 2 N–H and O–H groups in total. The highest BCUT2D eigenvalue weighted by molar-refractivity contribution is 6.33. The van der Waals surface area contributed by atoms with Gasteiger partial charge in [0.15, 0.2) is 11.5 Å². The van der Waals surface area contributed by atoms with Crippen LogP contribution in [0.5, 0.6) is 11.5 Å². The second-order valence-corrected chi connectivity index (χ2v) is 7.05. The molecule has 0 aliphatic carbocycles. The molecule has 1 fully saturated rings. The highest BCUT2D eigenvalue weighted by atomic mass is 16.5. The topological polar surface area (TPSA) is 65.4 Å². The fourth-order valence-electron chi connectivity index (χ4n) is 3.81. The van der Waals surface area contributed by atoms with Crippen LogP contribution in [0.4, 0.5) is 11.4 Å². The number of benzene rings is 3. The van der Waals surface area contributed by atoms with Gasteiger partial charge in [-0.3, -0.25) is 10.2 Å². The lowest BCUT2D eigenvalue weighted by Gasteiger charge is -2.20. The van der Waals surface area contributed by atoms with Gasteiger partial charge in [0, 0.05) is 17.8 Å². The van der Waals surface area contributed by atoms with Crippen LogP contribution in [0.25, 0.3) is 0 Å². The largest absolute Gasteiger partial charge is 0.455 e. The number of allylic oxidation sites excluding steroid dienone is 1. The van der Waals surface area contributed by atoms with E-state index in [2.05, 4.69) is 5.32 Å². The number of Topliss-reactive ketones (excluding diaryl/α,β-unsaturated/α-hetero) is 1. The van der Waals surface area contributed by atoms with Crippen molar-refractivity contribution in [1.82, 2.24) is 0 Å². The summed E-state index contributed by atoms with van der Waals surface area (Å²) in [6.45, 7) is 0.130. The monoisotopic (exact) mass is 381 g/mol. The summed E-state index contributed by atoms with van der Waals surface area (Å²) in [7, 11) is 0. The van der Waals surface area contributed by atoms with E-state index in [1.807, 2.05) is 78.9 Å². The molecule has 0 unspecified atom stereocenters. The van der Waals surface area contributed by atoms with Gasteiger partial charge in [0.25, 0.3) is 0 Å². The highest BCUT2D eigenvalue weighted by Crippen LogP contribution is 2.37. The molecule has 2 heterocycles. The van der Waals surface area contributed by atoms with Crippen molar-refractivity contribution in [2.75, 3.05) is 16.8 Å². The summed E-state index contributed by atoms with van der Waals surface area (Å²) >= 11 is 0. The van der Waals surface area contributed by atoms with Crippen LogP contribution in [-0.2, 0) is 11.2 Å². The van der Waals surface area contributed by atoms with Gasteiger partial charge in [-0.2, -0.15) is 0 Å². The van der Waals surface area contributed by atoms with Crippen LogP contribution >= 0.6 is 0 Å². The molecule has 0 spiro atoms. The molecule has 0 atom stereocenters. The average Bonchev–Trinajstić information content (AvgIpc) is 3.29. The molecule has 142 valence electrons. The number of anilines is 2. The number of para-hydroxylation sites is 4. The molecular formula is C24H19N3O2. The molecule has 29 heavy (non-hydrogen) atoms. The first kappa shape index (κ1) is 17.3. The molecule has 0 radical (unpaired) electrons. The zero-order valence-corrected chi connectivity index (χ0v) is 15.7. The van der Waals surface area contributed by atoms with E-state index >= 15 is 0 Å². The van der Waals surface area contributed by atoms with E-state index < -0.39 is 0 Å². The fourth-order valence-corrected chi connectivity index (χ4v) is 3.81. The molecule has 3 aromatic rings. The smallest absolute Gasteiger partial charge is 0.188 e. The lowest BCUT2D eigenvalue weighted by Crippen LogP contribution is -2.25. The Hall–Kier alpha value is -3.86. The summed E-state index contributed by atoms with van der Waals surface area (Å²) in [5.41, 5.74) is 4.10. The van der Waals surface area contributed by atoms with Crippen molar-refractivity contribution in [2.45, 2.75) is 6.42 Å². The number of rotatable bonds is 3. The quantitative estimate of drug-likeness (QED) is 0.642. The van der Waals surface area contributed by atoms with Crippen LogP contribution in [0.3, 0.4) is 0 Å². The van der Waals surface area contributed by atoms with Crippen molar-refractivity contribution in [3.8, 4) is 11.5 Å². The van der Waals surface area contributed by atoms with Crippen molar-refractivity contribution in [3.63, 3.8) is 0 Å². The van der Waals surface area contributed by atoms with E-state index in [9.17, 15) is 4.79 Å². The van der Waals surface area contributed by atoms with Crippen molar-refractivity contribution >= 4 is 23.0 Å². The zero-order valence-electron chi connectivity index (χ0n) is 15.7. The zero-order chi connectivity index (χ0) is 19.8.